The third kappa shape index (κ3) is 6.33. The number of ether oxygens (including phenoxy) is 1. The first-order valence-corrected chi connectivity index (χ1v) is 7.08. The zero-order chi connectivity index (χ0) is 17.4. The Morgan fingerprint density at radius 3 is 2.61 bits per heavy atom. The molecule has 0 saturated heterocycles. The van der Waals surface area contributed by atoms with Gasteiger partial charge in [0.25, 0.3) is 0 Å². The topological polar surface area (TPSA) is 115 Å². The number of aryl methyl sites for hydroxylation is 2. The summed E-state index contributed by atoms with van der Waals surface area (Å²) in [5, 5.41) is 11.8. The van der Waals surface area contributed by atoms with Crippen LogP contribution in [0.2, 0.25) is 0 Å². The van der Waals surface area contributed by atoms with Crippen LogP contribution in [0.1, 0.15) is 25.0 Å². The third-order valence-electron chi connectivity index (χ3n) is 3.22. The number of esters is 1. The summed E-state index contributed by atoms with van der Waals surface area (Å²) in [4.78, 5) is 45.3. The molecule has 1 rings (SSSR count). The number of hydrogen-bond donors (Lipinski definition) is 2. The minimum absolute atomic E-state index is 0.0128. The van der Waals surface area contributed by atoms with Gasteiger partial charge in [-0.25, -0.2) is 0 Å². The molecule has 23 heavy (non-hydrogen) atoms. The first-order chi connectivity index (χ1) is 10.8. The van der Waals surface area contributed by atoms with E-state index in [2.05, 4.69) is 10.1 Å². The number of hydrogen-bond acceptors (Lipinski definition) is 6. The van der Waals surface area contributed by atoms with E-state index in [1.54, 1.807) is 11.5 Å². The van der Waals surface area contributed by atoms with Crippen molar-refractivity contribution in [1.82, 2.24) is 9.88 Å². The molecule has 8 nitrogen and oxygen atoms in total. The summed E-state index contributed by atoms with van der Waals surface area (Å²) in [6.45, 7) is 1.81. The predicted molar refractivity (Wildman–Crippen MR) is 81.0 cm³/mol. The molecule has 1 aromatic heterocycles. The van der Waals surface area contributed by atoms with Crippen LogP contribution in [0.3, 0.4) is 0 Å². The zero-order valence-corrected chi connectivity index (χ0v) is 13.1. The van der Waals surface area contributed by atoms with Crippen LogP contribution in [0.15, 0.2) is 17.1 Å². The highest BCUT2D eigenvalue weighted by Crippen LogP contribution is 2.05. The Morgan fingerprint density at radius 1 is 1.26 bits per heavy atom. The highest BCUT2D eigenvalue weighted by Gasteiger charge is 2.09. The quantitative estimate of drug-likeness (QED) is 0.645. The lowest BCUT2D eigenvalue weighted by atomic mass is 10.2. The van der Waals surface area contributed by atoms with Crippen molar-refractivity contribution in [3.8, 4) is 5.75 Å². The molecule has 2 N–H and O–H groups in total. The average Bonchev–Trinajstić information content (AvgIpc) is 2.52. The van der Waals surface area contributed by atoms with E-state index >= 15 is 0 Å². The fourth-order valence-electron chi connectivity index (χ4n) is 1.84. The van der Waals surface area contributed by atoms with E-state index in [0.717, 1.165) is 0 Å². The number of nitrogens with zero attached hydrogens (tertiary/aromatic N) is 1. The van der Waals surface area contributed by atoms with Gasteiger partial charge in [0.1, 0.15) is 0 Å². The number of carbonyl (C=O) groups excluding carboxylic acids is 3. The van der Waals surface area contributed by atoms with Crippen LogP contribution in [0.25, 0.3) is 0 Å². The Balaban J connectivity index is 2.37. The minimum atomic E-state index is -0.474. The molecule has 0 aliphatic heterocycles. The van der Waals surface area contributed by atoms with E-state index in [4.69, 9.17) is 0 Å². The lowest BCUT2D eigenvalue weighted by Crippen LogP contribution is -2.30. The molecular formula is C15H20N2O6. The highest BCUT2D eigenvalue weighted by atomic mass is 16.5. The van der Waals surface area contributed by atoms with Gasteiger partial charge in [-0.05, 0) is 6.92 Å². The van der Waals surface area contributed by atoms with Gasteiger partial charge < -0.3 is 19.7 Å². The van der Waals surface area contributed by atoms with Crippen molar-refractivity contribution in [3.63, 3.8) is 0 Å². The SMILES string of the molecule is COC(=O)CCC(=O)CNC(=O)CCn1cc(O)c(=O)cc1C. The van der Waals surface area contributed by atoms with Gasteiger partial charge in [-0.3, -0.25) is 19.2 Å². The van der Waals surface area contributed by atoms with Crippen molar-refractivity contribution in [1.29, 1.82) is 0 Å². The van der Waals surface area contributed by atoms with E-state index in [-0.39, 0.29) is 49.8 Å². The number of carbonyl (C=O) groups is 3. The second kappa shape index (κ2) is 8.72. The van der Waals surface area contributed by atoms with Gasteiger partial charge in [0.2, 0.25) is 11.3 Å². The summed E-state index contributed by atoms with van der Waals surface area (Å²) in [7, 11) is 1.24. The molecule has 1 heterocycles. The van der Waals surface area contributed by atoms with Crippen LogP contribution in [-0.4, -0.2) is 41.0 Å². The van der Waals surface area contributed by atoms with Crippen LogP contribution in [0, 0.1) is 6.92 Å². The second-order valence-electron chi connectivity index (χ2n) is 5.00. The molecule has 0 fully saturated rings. The molecule has 0 radical (unpaired) electrons. The van der Waals surface area contributed by atoms with E-state index < -0.39 is 11.4 Å². The van der Waals surface area contributed by atoms with Gasteiger partial charge in [-0.1, -0.05) is 0 Å². The first-order valence-electron chi connectivity index (χ1n) is 7.08. The van der Waals surface area contributed by atoms with E-state index in [1.807, 2.05) is 0 Å². The molecule has 1 amide bonds. The Hall–Kier alpha value is -2.64. The predicted octanol–water partition coefficient (Wildman–Crippen LogP) is -0.109. The summed E-state index contributed by atoms with van der Waals surface area (Å²) in [5.74, 6) is -1.46. The van der Waals surface area contributed by atoms with Crippen molar-refractivity contribution in [2.24, 2.45) is 0 Å². The van der Waals surface area contributed by atoms with Gasteiger partial charge in [-0.2, -0.15) is 0 Å². The zero-order valence-electron chi connectivity index (χ0n) is 13.1. The Labute approximate surface area is 133 Å². The maximum Gasteiger partial charge on any atom is 0.305 e. The van der Waals surface area contributed by atoms with Gasteiger partial charge in [-0.15, -0.1) is 0 Å². The molecule has 0 atom stereocenters. The largest absolute Gasteiger partial charge is 0.503 e. The lowest BCUT2D eigenvalue weighted by molar-refractivity contribution is -0.141. The van der Waals surface area contributed by atoms with Gasteiger partial charge >= 0.3 is 5.97 Å². The molecule has 0 bridgehead atoms. The van der Waals surface area contributed by atoms with Gasteiger partial charge in [0.15, 0.2) is 11.5 Å². The van der Waals surface area contributed by atoms with Crippen molar-refractivity contribution < 1.29 is 24.2 Å². The van der Waals surface area contributed by atoms with Crippen molar-refractivity contribution >= 4 is 17.7 Å². The summed E-state index contributed by atoms with van der Waals surface area (Å²) in [5.41, 5.74) is 0.147. The fraction of sp³-hybridized carbons (Fsp3) is 0.467. The van der Waals surface area contributed by atoms with Crippen molar-refractivity contribution in [2.45, 2.75) is 32.7 Å². The maximum atomic E-state index is 11.7. The Bertz CT molecular complexity index is 650. The van der Waals surface area contributed by atoms with E-state index in [9.17, 15) is 24.3 Å². The van der Waals surface area contributed by atoms with Crippen LogP contribution >= 0.6 is 0 Å². The van der Waals surface area contributed by atoms with E-state index in [0.29, 0.717) is 5.69 Å². The summed E-state index contributed by atoms with van der Waals surface area (Å²) in [6.07, 6.45) is 1.36. The molecule has 0 unspecified atom stereocenters. The molecule has 0 aromatic carbocycles. The van der Waals surface area contributed by atoms with Crippen LogP contribution in [0.5, 0.6) is 5.75 Å². The van der Waals surface area contributed by atoms with Crippen LogP contribution in [-0.2, 0) is 25.7 Å². The monoisotopic (exact) mass is 324 g/mol. The molecule has 1 aromatic rings. The Morgan fingerprint density at radius 2 is 1.96 bits per heavy atom. The van der Waals surface area contributed by atoms with Crippen molar-refractivity contribution in [3.05, 3.63) is 28.2 Å². The van der Waals surface area contributed by atoms with Gasteiger partial charge in [0.05, 0.1) is 26.3 Å². The lowest BCUT2D eigenvalue weighted by Gasteiger charge is -2.10. The first kappa shape index (κ1) is 18.4. The number of Topliss-reactive ketones (excluding diaryl/α,β-unsaturated/α-hetero) is 1. The summed E-state index contributed by atoms with van der Waals surface area (Å²) < 4.78 is 6.00. The molecule has 0 aliphatic rings. The van der Waals surface area contributed by atoms with E-state index in [1.165, 1.54) is 19.4 Å². The smallest absolute Gasteiger partial charge is 0.305 e. The molecule has 8 heteroatoms. The number of methoxy groups -OCH3 is 1. The third-order valence-corrected chi connectivity index (χ3v) is 3.22. The van der Waals surface area contributed by atoms with Crippen LogP contribution in [0.4, 0.5) is 0 Å². The Kier molecular flexibility index (Phi) is 6.98. The summed E-state index contributed by atoms with van der Waals surface area (Å²) >= 11 is 0. The molecule has 0 spiro atoms. The number of ketones is 1. The molecule has 0 saturated carbocycles. The van der Waals surface area contributed by atoms with Crippen molar-refractivity contribution in [2.75, 3.05) is 13.7 Å². The number of pyridine rings is 1. The van der Waals surface area contributed by atoms with Gasteiger partial charge in [0, 0.05) is 31.1 Å². The number of aromatic nitrogens is 1. The van der Waals surface area contributed by atoms with Crippen LogP contribution < -0.4 is 10.7 Å². The minimum Gasteiger partial charge on any atom is -0.503 e. The molecule has 126 valence electrons. The molecular weight excluding hydrogens is 304 g/mol. The highest BCUT2D eigenvalue weighted by molar-refractivity contribution is 5.88. The number of rotatable bonds is 8. The average molecular weight is 324 g/mol. The maximum absolute atomic E-state index is 11.7. The number of aromatic hydroxyl groups is 1. The number of amides is 1. The molecule has 0 aliphatic carbocycles. The number of nitrogens with one attached hydrogen (secondary N) is 1. The standard InChI is InChI=1S/C15H20N2O6/c1-10-7-12(19)13(20)9-17(10)6-5-14(21)16-8-11(18)3-4-15(22)23-2/h7,9,20H,3-6,8H2,1-2H3,(H,16,21). The summed E-state index contributed by atoms with van der Waals surface area (Å²) in [6, 6.07) is 1.28. The fourth-order valence-corrected chi connectivity index (χ4v) is 1.84. The normalized spacial score (nSPS) is 10.2. The second-order valence-corrected chi connectivity index (χ2v) is 5.00.